The van der Waals surface area contributed by atoms with Crippen LogP contribution in [0.4, 0.5) is 5.69 Å². The molecular weight excluding hydrogens is 368 g/mol. The molecule has 4 rings (SSSR count). The van der Waals surface area contributed by atoms with Crippen molar-refractivity contribution in [3.63, 3.8) is 0 Å². The zero-order valence-electron chi connectivity index (χ0n) is 15.0. The lowest BCUT2D eigenvalue weighted by Crippen LogP contribution is -2.12. The number of rotatable bonds is 5. The van der Waals surface area contributed by atoms with Crippen LogP contribution >= 0.6 is 0 Å². The largest absolute Gasteiger partial charge is 0.280 e. The van der Waals surface area contributed by atoms with Gasteiger partial charge in [-0.15, -0.1) is 0 Å². The summed E-state index contributed by atoms with van der Waals surface area (Å²) in [6.07, 6.45) is 7.35. The molecule has 1 N–H and O–H groups in total. The minimum absolute atomic E-state index is 0.240. The standard InChI is InChI=1S/C23H18N2O2S/c26-28(27,23-11-10-20-5-1-2-6-21(20)17-23)25-22-7-3-4-19(16-22)9-8-18-12-14-24-15-13-18/h1-17,25H. The van der Waals surface area contributed by atoms with Crippen molar-refractivity contribution in [1.29, 1.82) is 0 Å². The topological polar surface area (TPSA) is 59.1 Å². The number of nitrogens with zero attached hydrogens (tertiary/aromatic N) is 1. The van der Waals surface area contributed by atoms with Crippen LogP contribution in [0.2, 0.25) is 0 Å². The van der Waals surface area contributed by atoms with Gasteiger partial charge in [-0.2, -0.15) is 0 Å². The molecule has 0 bridgehead atoms. The van der Waals surface area contributed by atoms with Crippen molar-refractivity contribution in [3.8, 4) is 0 Å². The molecule has 4 nitrogen and oxygen atoms in total. The first-order valence-electron chi connectivity index (χ1n) is 8.80. The lowest BCUT2D eigenvalue weighted by atomic mass is 10.1. The van der Waals surface area contributed by atoms with E-state index in [1.807, 2.05) is 66.7 Å². The summed E-state index contributed by atoms with van der Waals surface area (Å²) in [4.78, 5) is 4.23. The fourth-order valence-corrected chi connectivity index (χ4v) is 4.01. The first kappa shape index (κ1) is 17.9. The summed E-state index contributed by atoms with van der Waals surface area (Å²) >= 11 is 0. The van der Waals surface area contributed by atoms with Crippen LogP contribution in [0.25, 0.3) is 22.9 Å². The second-order valence-electron chi connectivity index (χ2n) is 6.35. The highest BCUT2D eigenvalue weighted by atomic mass is 32.2. The summed E-state index contributed by atoms with van der Waals surface area (Å²) in [7, 11) is -3.67. The van der Waals surface area contributed by atoms with Crippen molar-refractivity contribution in [2.24, 2.45) is 0 Å². The van der Waals surface area contributed by atoms with Gasteiger partial charge in [0.15, 0.2) is 0 Å². The minimum atomic E-state index is -3.67. The Morgan fingerprint density at radius 3 is 2.29 bits per heavy atom. The predicted octanol–water partition coefficient (Wildman–Crippen LogP) is 5.21. The number of sulfonamides is 1. The average Bonchev–Trinajstić information content (AvgIpc) is 2.72. The molecule has 5 heteroatoms. The molecule has 0 fully saturated rings. The Bertz CT molecular complexity index is 1250. The zero-order valence-corrected chi connectivity index (χ0v) is 15.8. The van der Waals surface area contributed by atoms with Crippen LogP contribution in [0.3, 0.4) is 0 Å². The van der Waals surface area contributed by atoms with Crippen LogP contribution in [0.1, 0.15) is 11.1 Å². The van der Waals surface area contributed by atoms with Crippen LogP contribution in [-0.2, 0) is 10.0 Å². The van der Waals surface area contributed by atoms with E-state index in [9.17, 15) is 8.42 Å². The van der Waals surface area contributed by atoms with E-state index in [0.717, 1.165) is 21.9 Å². The second kappa shape index (κ2) is 7.66. The predicted molar refractivity (Wildman–Crippen MR) is 114 cm³/mol. The average molecular weight is 386 g/mol. The highest BCUT2D eigenvalue weighted by Crippen LogP contribution is 2.22. The van der Waals surface area contributed by atoms with Crippen molar-refractivity contribution < 1.29 is 8.42 Å². The number of hydrogen-bond donors (Lipinski definition) is 1. The molecule has 0 saturated carbocycles. The van der Waals surface area contributed by atoms with Gasteiger partial charge in [-0.1, -0.05) is 54.6 Å². The molecule has 0 amide bonds. The molecule has 4 aromatic rings. The normalized spacial score (nSPS) is 11.7. The van der Waals surface area contributed by atoms with E-state index >= 15 is 0 Å². The van der Waals surface area contributed by atoms with Crippen molar-refractivity contribution in [2.45, 2.75) is 4.90 Å². The second-order valence-corrected chi connectivity index (χ2v) is 8.04. The van der Waals surface area contributed by atoms with Gasteiger partial charge in [0.2, 0.25) is 0 Å². The van der Waals surface area contributed by atoms with E-state index in [2.05, 4.69) is 9.71 Å². The van der Waals surface area contributed by atoms with Gasteiger partial charge in [-0.25, -0.2) is 8.42 Å². The van der Waals surface area contributed by atoms with Gasteiger partial charge < -0.3 is 0 Å². The van der Waals surface area contributed by atoms with Gasteiger partial charge in [0, 0.05) is 18.1 Å². The van der Waals surface area contributed by atoms with Gasteiger partial charge in [-0.3, -0.25) is 9.71 Å². The Morgan fingerprint density at radius 2 is 1.46 bits per heavy atom. The molecule has 0 spiro atoms. The van der Waals surface area contributed by atoms with E-state index < -0.39 is 10.0 Å². The monoisotopic (exact) mass is 386 g/mol. The molecule has 138 valence electrons. The lowest BCUT2D eigenvalue weighted by Gasteiger charge is -2.09. The van der Waals surface area contributed by atoms with Gasteiger partial charge in [0.25, 0.3) is 10.0 Å². The van der Waals surface area contributed by atoms with Crippen molar-refractivity contribution in [1.82, 2.24) is 4.98 Å². The maximum atomic E-state index is 12.8. The van der Waals surface area contributed by atoms with E-state index in [0.29, 0.717) is 5.69 Å². The fraction of sp³-hybridized carbons (Fsp3) is 0. The van der Waals surface area contributed by atoms with E-state index in [4.69, 9.17) is 0 Å². The third-order valence-electron chi connectivity index (χ3n) is 4.34. The number of aromatic nitrogens is 1. The molecular formula is C23H18N2O2S. The van der Waals surface area contributed by atoms with Crippen molar-refractivity contribution >= 4 is 38.6 Å². The maximum absolute atomic E-state index is 12.8. The third-order valence-corrected chi connectivity index (χ3v) is 5.72. The third kappa shape index (κ3) is 4.10. The number of pyridine rings is 1. The van der Waals surface area contributed by atoms with E-state index in [1.165, 1.54) is 0 Å². The molecule has 1 aromatic heterocycles. The quantitative estimate of drug-likeness (QED) is 0.512. The highest BCUT2D eigenvalue weighted by molar-refractivity contribution is 7.92. The highest BCUT2D eigenvalue weighted by Gasteiger charge is 2.14. The number of nitrogens with one attached hydrogen (secondary N) is 1. The van der Waals surface area contributed by atoms with Gasteiger partial charge in [0.05, 0.1) is 4.90 Å². The van der Waals surface area contributed by atoms with Crippen LogP contribution in [-0.4, -0.2) is 13.4 Å². The van der Waals surface area contributed by atoms with E-state index in [1.54, 1.807) is 36.7 Å². The Kier molecular flexibility index (Phi) is 4.91. The molecule has 3 aromatic carbocycles. The molecule has 0 aliphatic carbocycles. The molecule has 0 aliphatic heterocycles. The zero-order chi connectivity index (χ0) is 19.4. The summed E-state index contributed by atoms with van der Waals surface area (Å²) in [6, 6.07) is 23.9. The van der Waals surface area contributed by atoms with Crippen LogP contribution in [0.15, 0.2) is 96.2 Å². The molecule has 28 heavy (non-hydrogen) atoms. The Hall–Kier alpha value is -3.44. The van der Waals surface area contributed by atoms with Gasteiger partial charge in [-0.05, 0) is 58.3 Å². The fourth-order valence-electron chi connectivity index (χ4n) is 2.92. The SMILES string of the molecule is O=S(=O)(Nc1cccc(C=Cc2ccncc2)c1)c1ccc2ccccc2c1. The summed E-state index contributed by atoms with van der Waals surface area (Å²) in [5.41, 5.74) is 2.44. The summed E-state index contributed by atoms with van der Waals surface area (Å²) in [6.45, 7) is 0. The molecule has 0 aliphatic rings. The Balaban J connectivity index is 1.58. The number of benzene rings is 3. The number of hydrogen-bond acceptors (Lipinski definition) is 3. The lowest BCUT2D eigenvalue weighted by molar-refractivity contribution is 0.601. The minimum Gasteiger partial charge on any atom is -0.280 e. The first-order chi connectivity index (χ1) is 13.6. The molecule has 1 heterocycles. The first-order valence-corrected chi connectivity index (χ1v) is 10.3. The molecule has 0 saturated heterocycles. The number of fused-ring (bicyclic) bond motifs is 1. The van der Waals surface area contributed by atoms with Gasteiger partial charge in [0.1, 0.15) is 0 Å². The van der Waals surface area contributed by atoms with Crippen molar-refractivity contribution in [3.05, 3.63) is 102 Å². The number of anilines is 1. The van der Waals surface area contributed by atoms with Crippen LogP contribution in [0.5, 0.6) is 0 Å². The molecule has 0 atom stereocenters. The molecule has 0 radical (unpaired) electrons. The molecule has 0 unspecified atom stereocenters. The summed E-state index contributed by atoms with van der Waals surface area (Å²) in [5, 5.41) is 1.89. The van der Waals surface area contributed by atoms with Crippen molar-refractivity contribution in [2.75, 3.05) is 4.72 Å². The van der Waals surface area contributed by atoms with Crippen LogP contribution < -0.4 is 4.72 Å². The summed E-state index contributed by atoms with van der Waals surface area (Å²) in [5.74, 6) is 0. The van der Waals surface area contributed by atoms with E-state index in [-0.39, 0.29) is 4.90 Å². The smallest absolute Gasteiger partial charge is 0.261 e. The maximum Gasteiger partial charge on any atom is 0.261 e. The van der Waals surface area contributed by atoms with Crippen LogP contribution in [0, 0.1) is 0 Å². The Labute approximate surface area is 164 Å². The van der Waals surface area contributed by atoms with Gasteiger partial charge >= 0.3 is 0 Å². The Morgan fingerprint density at radius 1 is 0.714 bits per heavy atom. The summed E-state index contributed by atoms with van der Waals surface area (Å²) < 4.78 is 28.3.